The zero-order valence-corrected chi connectivity index (χ0v) is 15.6. The number of hydrogen-bond donors (Lipinski definition) is 2. The average Bonchev–Trinajstić information content (AvgIpc) is 2.59. The van der Waals surface area contributed by atoms with Gasteiger partial charge in [0, 0.05) is 8.59 Å². The smallest absolute Gasteiger partial charge is 0.276 e. The SMILES string of the molecule is COc1cc(Cl)ccc1C(=O)NNC(=O)COc1ccc(I)cc1. The van der Waals surface area contributed by atoms with E-state index in [0.29, 0.717) is 16.5 Å². The first-order chi connectivity index (χ1) is 11.5. The quantitative estimate of drug-likeness (QED) is 0.531. The Bertz CT molecular complexity index is 737. The van der Waals surface area contributed by atoms with Gasteiger partial charge in [0.15, 0.2) is 6.61 Å². The number of benzene rings is 2. The van der Waals surface area contributed by atoms with Crippen molar-refractivity contribution < 1.29 is 19.1 Å². The van der Waals surface area contributed by atoms with Crippen LogP contribution >= 0.6 is 34.2 Å². The van der Waals surface area contributed by atoms with E-state index < -0.39 is 11.8 Å². The first-order valence-corrected chi connectivity index (χ1v) is 8.26. The number of ether oxygens (including phenoxy) is 2. The zero-order valence-electron chi connectivity index (χ0n) is 12.6. The van der Waals surface area contributed by atoms with E-state index in [4.69, 9.17) is 21.1 Å². The summed E-state index contributed by atoms with van der Waals surface area (Å²) in [5.41, 5.74) is 4.82. The van der Waals surface area contributed by atoms with Gasteiger partial charge in [0.05, 0.1) is 12.7 Å². The van der Waals surface area contributed by atoms with E-state index in [1.54, 1.807) is 18.2 Å². The van der Waals surface area contributed by atoms with Crippen molar-refractivity contribution >= 4 is 46.0 Å². The third kappa shape index (κ3) is 5.27. The number of amides is 2. The molecule has 2 N–H and O–H groups in total. The van der Waals surface area contributed by atoms with Crippen molar-refractivity contribution in [1.29, 1.82) is 0 Å². The number of hydrogen-bond acceptors (Lipinski definition) is 4. The van der Waals surface area contributed by atoms with Crippen LogP contribution in [0.15, 0.2) is 42.5 Å². The summed E-state index contributed by atoms with van der Waals surface area (Å²) in [6.07, 6.45) is 0. The van der Waals surface area contributed by atoms with Gasteiger partial charge in [-0.25, -0.2) is 0 Å². The predicted octanol–water partition coefficient (Wildman–Crippen LogP) is 2.79. The monoisotopic (exact) mass is 460 g/mol. The summed E-state index contributed by atoms with van der Waals surface area (Å²) in [5.74, 6) is -0.137. The summed E-state index contributed by atoms with van der Waals surface area (Å²) in [7, 11) is 1.43. The van der Waals surface area contributed by atoms with Gasteiger partial charge in [-0.2, -0.15) is 0 Å². The summed E-state index contributed by atoms with van der Waals surface area (Å²) < 4.78 is 11.5. The highest BCUT2D eigenvalue weighted by Gasteiger charge is 2.13. The van der Waals surface area contributed by atoms with Crippen molar-refractivity contribution in [2.45, 2.75) is 0 Å². The van der Waals surface area contributed by atoms with Gasteiger partial charge in [0.25, 0.3) is 11.8 Å². The molecule has 0 spiro atoms. The van der Waals surface area contributed by atoms with Crippen LogP contribution in [-0.2, 0) is 4.79 Å². The molecule has 0 unspecified atom stereocenters. The highest BCUT2D eigenvalue weighted by Crippen LogP contribution is 2.22. The lowest BCUT2D eigenvalue weighted by molar-refractivity contribution is -0.123. The molecule has 0 heterocycles. The number of rotatable bonds is 5. The van der Waals surface area contributed by atoms with Gasteiger partial charge in [0.2, 0.25) is 0 Å². The number of carbonyl (C=O) groups is 2. The van der Waals surface area contributed by atoms with E-state index >= 15 is 0 Å². The summed E-state index contributed by atoms with van der Waals surface area (Å²) in [6.45, 7) is -0.224. The number of halogens is 2. The van der Waals surface area contributed by atoms with Gasteiger partial charge in [0.1, 0.15) is 11.5 Å². The molecule has 0 fully saturated rings. The topological polar surface area (TPSA) is 76.7 Å². The standard InChI is InChI=1S/C16H14ClIN2O4/c1-23-14-8-10(17)2-7-13(14)16(22)20-19-15(21)9-24-12-5-3-11(18)4-6-12/h2-8H,9H2,1H3,(H,19,21)(H,20,22). The molecule has 0 aliphatic carbocycles. The highest BCUT2D eigenvalue weighted by atomic mass is 127. The Labute approximate surface area is 157 Å². The molecule has 0 atom stereocenters. The van der Waals surface area contributed by atoms with Gasteiger partial charge in [-0.05, 0) is 65.1 Å². The van der Waals surface area contributed by atoms with E-state index in [0.717, 1.165) is 3.57 Å². The number of carbonyl (C=O) groups excluding carboxylic acids is 2. The van der Waals surface area contributed by atoms with Crippen LogP contribution in [0.3, 0.4) is 0 Å². The molecule has 2 aromatic carbocycles. The molecule has 6 nitrogen and oxygen atoms in total. The Kier molecular flexibility index (Phi) is 6.68. The van der Waals surface area contributed by atoms with Crippen LogP contribution in [0.25, 0.3) is 0 Å². The molecule has 2 aromatic rings. The van der Waals surface area contributed by atoms with E-state index in [1.165, 1.54) is 19.2 Å². The third-order valence-corrected chi connectivity index (χ3v) is 3.86. The van der Waals surface area contributed by atoms with Crippen molar-refractivity contribution in [3.05, 3.63) is 56.6 Å². The lowest BCUT2D eigenvalue weighted by atomic mass is 10.2. The molecule has 0 saturated carbocycles. The van der Waals surface area contributed by atoms with Crippen LogP contribution in [0.1, 0.15) is 10.4 Å². The third-order valence-electron chi connectivity index (χ3n) is 2.91. The van der Waals surface area contributed by atoms with E-state index in [1.807, 2.05) is 12.1 Å². The van der Waals surface area contributed by atoms with Gasteiger partial charge in [-0.1, -0.05) is 11.6 Å². The predicted molar refractivity (Wildman–Crippen MR) is 98.3 cm³/mol. The molecule has 0 aliphatic rings. The molecule has 0 aliphatic heterocycles. The van der Waals surface area contributed by atoms with Crippen LogP contribution < -0.4 is 20.3 Å². The Morgan fingerprint density at radius 3 is 2.50 bits per heavy atom. The Morgan fingerprint density at radius 1 is 1.12 bits per heavy atom. The van der Waals surface area contributed by atoms with Crippen LogP contribution in [0.5, 0.6) is 11.5 Å². The molecule has 8 heteroatoms. The van der Waals surface area contributed by atoms with Gasteiger partial charge in [-0.15, -0.1) is 0 Å². The average molecular weight is 461 g/mol. The van der Waals surface area contributed by atoms with Gasteiger partial charge < -0.3 is 9.47 Å². The first-order valence-electron chi connectivity index (χ1n) is 6.80. The molecule has 126 valence electrons. The fourth-order valence-corrected chi connectivity index (χ4v) is 2.28. The zero-order chi connectivity index (χ0) is 17.5. The highest BCUT2D eigenvalue weighted by molar-refractivity contribution is 14.1. The second kappa shape index (κ2) is 8.74. The van der Waals surface area contributed by atoms with Crippen LogP contribution in [0.4, 0.5) is 0 Å². The normalized spacial score (nSPS) is 9.96. The minimum absolute atomic E-state index is 0.224. The molecule has 0 aromatic heterocycles. The summed E-state index contributed by atoms with van der Waals surface area (Å²) >= 11 is 8.01. The van der Waals surface area contributed by atoms with Crippen molar-refractivity contribution in [3.8, 4) is 11.5 Å². The minimum Gasteiger partial charge on any atom is -0.496 e. The summed E-state index contributed by atoms with van der Waals surface area (Å²) in [4.78, 5) is 23.8. The first kappa shape index (κ1) is 18.3. The second-order valence-corrected chi connectivity index (χ2v) is 6.27. The number of methoxy groups -OCH3 is 1. The molecule has 2 amide bonds. The summed E-state index contributed by atoms with van der Waals surface area (Å²) in [6, 6.07) is 11.8. The maximum Gasteiger partial charge on any atom is 0.276 e. The fraction of sp³-hybridized carbons (Fsp3) is 0.125. The number of nitrogens with one attached hydrogen (secondary N) is 2. The van der Waals surface area contributed by atoms with Crippen LogP contribution in [0, 0.1) is 3.57 Å². The minimum atomic E-state index is -0.522. The van der Waals surface area contributed by atoms with Crippen LogP contribution in [-0.4, -0.2) is 25.5 Å². The fourth-order valence-electron chi connectivity index (χ4n) is 1.76. The number of hydrazine groups is 1. The largest absolute Gasteiger partial charge is 0.496 e. The van der Waals surface area contributed by atoms with E-state index in [9.17, 15) is 9.59 Å². The van der Waals surface area contributed by atoms with E-state index in [2.05, 4.69) is 33.4 Å². The van der Waals surface area contributed by atoms with Gasteiger partial charge in [-0.3, -0.25) is 20.4 Å². The molecule has 24 heavy (non-hydrogen) atoms. The van der Waals surface area contributed by atoms with Crippen molar-refractivity contribution in [2.75, 3.05) is 13.7 Å². The van der Waals surface area contributed by atoms with Crippen molar-refractivity contribution in [1.82, 2.24) is 10.9 Å². The summed E-state index contributed by atoms with van der Waals surface area (Å²) in [5, 5.41) is 0.443. The molecular formula is C16H14ClIN2O4. The molecule has 0 saturated heterocycles. The lowest BCUT2D eigenvalue weighted by Gasteiger charge is -2.11. The molecule has 2 rings (SSSR count). The molecular weight excluding hydrogens is 447 g/mol. The maximum atomic E-state index is 12.1. The van der Waals surface area contributed by atoms with Gasteiger partial charge >= 0.3 is 0 Å². The van der Waals surface area contributed by atoms with Crippen LogP contribution in [0.2, 0.25) is 5.02 Å². The van der Waals surface area contributed by atoms with E-state index in [-0.39, 0.29) is 12.2 Å². The molecule has 0 radical (unpaired) electrons. The Morgan fingerprint density at radius 2 is 1.83 bits per heavy atom. The van der Waals surface area contributed by atoms with Crippen molar-refractivity contribution in [3.63, 3.8) is 0 Å². The molecule has 0 bridgehead atoms. The Balaban J connectivity index is 1.85. The second-order valence-electron chi connectivity index (χ2n) is 4.59. The Hall–Kier alpha value is -2.00. The maximum absolute atomic E-state index is 12.1. The van der Waals surface area contributed by atoms with Crippen molar-refractivity contribution in [2.24, 2.45) is 0 Å². The lowest BCUT2D eigenvalue weighted by Crippen LogP contribution is -2.43.